The van der Waals surface area contributed by atoms with E-state index in [9.17, 15) is 9.18 Å². The number of benzene rings is 1. The Morgan fingerprint density at radius 3 is 3.00 bits per heavy atom. The van der Waals surface area contributed by atoms with Crippen molar-refractivity contribution in [1.82, 2.24) is 5.32 Å². The Hall–Kier alpha value is -1.46. The summed E-state index contributed by atoms with van der Waals surface area (Å²) < 4.78 is 13.5. The molecule has 4 N–H and O–H groups in total. The van der Waals surface area contributed by atoms with E-state index in [0.717, 1.165) is 6.21 Å². The molecule has 0 spiro atoms. The van der Waals surface area contributed by atoms with Crippen molar-refractivity contribution in [2.24, 2.45) is 5.73 Å². The van der Waals surface area contributed by atoms with Gasteiger partial charge in [-0.3, -0.25) is 4.79 Å². The number of nitrogens with two attached hydrogens (primary N) is 1. The van der Waals surface area contributed by atoms with E-state index in [4.69, 9.17) is 22.7 Å². The van der Waals surface area contributed by atoms with Crippen molar-refractivity contribution in [3.8, 4) is 0 Å². The average Bonchev–Trinajstić information content (AvgIpc) is 2.31. The molecule has 0 aliphatic heterocycles. The molecule has 0 fully saturated rings. The summed E-state index contributed by atoms with van der Waals surface area (Å²) in [6.07, 6.45) is 1.22. The largest absolute Gasteiger partial charge is 0.351 e. The highest BCUT2D eigenvalue weighted by molar-refractivity contribution is 6.30. The van der Waals surface area contributed by atoms with Gasteiger partial charge in [0.1, 0.15) is 5.82 Å². The van der Waals surface area contributed by atoms with E-state index in [0.29, 0.717) is 5.56 Å². The lowest BCUT2D eigenvalue weighted by molar-refractivity contribution is -0.122. The van der Waals surface area contributed by atoms with Crippen LogP contribution in [-0.2, 0) is 11.3 Å². The van der Waals surface area contributed by atoms with Crippen molar-refractivity contribution in [2.45, 2.75) is 19.0 Å². The quantitative estimate of drug-likeness (QED) is 0.699. The number of carbonyl (C=O) groups is 1. The third-order valence-corrected chi connectivity index (χ3v) is 2.49. The van der Waals surface area contributed by atoms with Crippen molar-refractivity contribution in [1.29, 1.82) is 5.41 Å². The Balaban J connectivity index is 2.58. The van der Waals surface area contributed by atoms with E-state index >= 15 is 0 Å². The van der Waals surface area contributed by atoms with Crippen molar-refractivity contribution in [2.75, 3.05) is 0 Å². The molecule has 6 heteroatoms. The molecule has 0 saturated carbocycles. The van der Waals surface area contributed by atoms with Gasteiger partial charge in [-0.1, -0.05) is 23.7 Å². The first-order valence-electron chi connectivity index (χ1n) is 5.01. The van der Waals surface area contributed by atoms with E-state index < -0.39 is 17.8 Å². The van der Waals surface area contributed by atoms with Crippen LogP contribution in [0.3, 0.4) is 0 Å². The summed E-state index contributed by atoms with van der Waals surface area (Å²) in [7, 11) is 0. The molecular formula is C11H13ClFN3O. The highest BCUT2D eigenvalue weighted by Gasteiger charge is 2.13. The molecule has 1 aromatic rings. The Labute approximate surface area is 103 Å². The Morgan fingerprint density at radius 1 is 1.65 bits per heavy atom. The number of halogens is 2. The predicted octanol–water partition coefficient (Wildman–Crippen LogP) is 1.46. The lowest BCUT2D eigenvalue weighted by Crippen LogP contribution is -2.40. The zero-order valence-corrected chi connectivity index (χ0v) is 9.80. The summed E-state index contributed by atoms with van der Waals surface area (Å²) in [6.45, 7) is 0.0247. The Morgan fingerprint density at radius 2 is 2.35 bits per heavy atom. The highest BCUT2D eigenvalue weighted by atomic mass is 35.5. The maximum atomic E-state index is 13.5. The monoisotopic (exact) mass is 257 g/mol. The first-order chi connectivity index (χ1) is 8.06. The van der Waals surface area contributed by atoms with Gasteiger partial charge in [0.2, 0.25) is 5.91 Å². The number of hydrogen-bond acceptors (Lipinski definition) is 3. The van der Waals surface area contributed by atoms with Crippen LogP contribution in [-0.4, -0.2) is 18.2 Å². The van der Waals surface area contributed by atoms with Gasteiger partial charge in [0, 0.05) is 18.5 Å². The zero-order valence-electron chi connectivity index (χ0n) is 9.04. The van der Waals surface area contributed by atoms with Crippen LogP contribution >= 0.6 is 11.6 Å². The van der Waals surface area contributed by atoms with Crippen molar-refractivity contribution in [3.05, 3.63) is 34.6 Å². The normalized spacial score (nSPS) is 11.9. The molecule has 0 heterocycles. The number of amides is 1. The topological polar surface area (TPSA) is 79.0 Å². The molecule has 0 aliphatic rings. The molecule has 1 amide bonds. The SMILES string of the molecule is N=CCC(N)C(=O)NCc1cccc(Cl)c1F. The summed E-state index contributed by atoms with van der Waals surface area (Å²) in [5.74, 6) is -0.969. The fourth-order valence-electron chi connectivity index (χ4n) is 1.23. The van der Waals surface area contributed by atoms with Gasteiger partial charge in [-0.15, -0.1) is 0 Å². The molecule has 4 nitrogen and oxygen atoms in total. The smallest absolute Gasteiger partial charge is 0.237 e. The zero-order chi connectivity index (χ0) is 12.8. The molecule has 17 heavy (non-hydrogen) atoms. The fraction of sp³-hybridized carbons (Fsp3) is 0.273. The van der Waals surface area contributed by atoms with Crippen molar-refractivity contribution in [3.63, 3.8) is 0 Å². The van der Waals surface area contributed by atoms with Crippen LogP contribution in [0.5, 0.6) is 0 Å². The Kier molecular flexibility index (Phi) is 5.06. The molecule has 0 radical (unpaired) electrons. The predicted molar refractivity (Wildman–Crippen MR) is 64.6 cm³/mol. The first kappa shape index (κ1) is 13.6. The van der Waals surface area contributed by atoms with Gasteiger partial charge >= 0.3 is 0 Å². The number of rotatable bonds is 5. The fourth-order valence-corrected chi connectivity index (χ4v) is 1.43. The van der Waals surface area contributed by atoms with Crippen LogP contribution in [0.2, 0.25) is 5.02 Å². The molecule has 0 aromatic heterocycles. The Bertz CT molecular complexity index is 425. The molecule has 0 aliphatic carbocycles. The lowest BCUT2D eigenvalue weighted by atomic mass is 10.2. The van der Waals surface area contributed by atoms with Crippen LogP contribution in [0.25, 0.3) is 0 Å². The van der Waals surface area contributed by atoms with E-state index in [2.05, 4.69) is 5.32 Å². The van der Waals surface area contributed by atoms with Gasteiger partial charge in [0.15, 0.2) is 0 Å². The molecule has 92 valence electrons. The van der Waals surface area contributed by atoms with E-state index in [1.165, 1.54) is 12.1 Å². The second-order valence-electron chi connectivity index (χ2n) is 3.48. The first-order valence-corrected chi connectivity index (χ1v) is 5.39. The van der Waals surface area contributed by atoms with Crippen molar-refractivity contribution < 1.29 is 9.18 Å². The molecule has 1 atom stereocenters. The third-order valence-electron chi connectivity index (χ3n) is 2.19. The van der Waals surface area contributed by atoms with E-state index in [-0.39, 0.29) is 18.0 Å². The van der Waals surface area contributed by atoms with Gasteiger partial charge in [-0.05, 0) is 12.3 Å². The van der Waals surface area contributed by atoms with E-state index in [1.807, 2.05) is 0 Å². The maximum absolute atomic E-state index is 13.5. The van der Waals surface area contributed by atoms with Crippen LogP contribution in [0.4, 0.5) is 4.39 Å². The minimum Gasteiger partial charge on any atom is -0.351 e. The van der Waals surface area contributed by atoms with Crippen molar-refractivity contribution >= 4 is 23.7 Å². The average molecular weight is 258 g/mol. The molecule has 1 unspecified atom stereocenters. The summed E-state index contributed by atoms with van der Waals surface area (Å²) in [5.41, 5.74) is 5.78. The lowest BCUT2D eigenvalue weighted by Gasteiger charge is -2.10. The van der Waals surface area contributed by atoms with Gasteiger partial charge in [-0.25, -0.2) is 4.39 Å². The summed E-state index contributed by atoms with van der Waals surface area (Å²) in [6, 6.07) is 3.78. The highest BCUT2D eigenvalue weighted by Crippen LogP contribution is 2.17. The van der Waals surface area contributed by atoms with Gasteiger partial charge in [-0.2, -0.15) is 0 Å². The molecule has 1 rings (SSSR count). The molecule has 1 aromatic carbocycles. The minimum absolute atomic E-state index is 0.0144. The minimum atomic E-state index is -0.783. The number of carbonyl (C=O) groups excluding carboxylic acids is 1. The summed E-state index contributed by atoms with van der Waals surface area (Å²) in [5, 5.41) is 9.32. The molecular weight excluding hydrogens is 245 g/mol. The van der Waals surface area contributed by atoms with Gasteiger partial charge in [0.05, 0.1) is 11.1 Å². The summed E-state index contributed by atoms with van der Waals surface area (Å²) in [4.78, 5) is 11.4. The molecule has 0 saturated heterocycles. The van der Waals surface area contributed by atoms with Crippen LogP contribution in [0.1, 0.15) is 12.0 Å². The number of hydrogen-bond donors (Lipinski definition) is 3. The van der Waals surface area contributed by atoms with Crippen LogP contribution in [0.15, 0.2) is 18.2 Å². The molecule has 0 bridgehead atoms. The maximum Gasteiger partial charge on any atom is 0.237 e. The second kappa shape index (κ2) is 6.32. The summed E-state index contributed by atoms with van der Waals surface area (Å²) >= 11 is 5.60. The van der Waals surface area contributed by atoms with Crippen LogP contribution < -0.4 is 11.1 Å². The standard InChI is InChI=1S/C11H13ClFN3O/c12-8-3-1-2-7(10(8)13)6-16-11(17)9(15)4-5-14/h1-3,5,9,14H,4,6,15H2,(H,16,17). The van der Waals surface area contributed by atoms with Crippen LogP contribution in [0, 0.1) is 11.2 Å². The number of nitrogens with one attached hydrogen (secondary N) is 2. The third kappa shape index (κ3) is 3.80. The van der Waals surface area contributed by atoms with E-state index in [1.54, 1.807) is 6.07 Å². The second-order valence-corrected chi connectivity index (χ2v) is 3.88. The van der Waals surface area contributed by atoms with Gasteiger partial charge in [0.25, 0.3) is 0 Å². The van der Waals surface area contributed by atoms with Gasteiger partial charge < -0.3 is 16.5 Å².